The van der Waals surface area contributed by atoms with Crippen LogP contribution in [0.1, 0.15) is 26.3 Å². The molecule has 0 spiro atoms. The van der Waals surface area contributed by atoms with Crippen molar-refractivity contribution in [2.45, 2.75) is 26.2 Å². The minimum absolute atomic E-state index is 0.0398. The van der Waals surface area contributed by atoms with Gasteiger partial charge in [0.1, 0.15) is 0 Å². The van der Waals surface area contributed by atoms with E-state index in [1.165, 1.54) is 76.9 Å². The molecule has 3 heteroatoms. The molecule has 37 heavy (non-hydrogen) atoms. The normalized spacial score (nSPS) is 13.8. The summed E-state index contributed by atoms with van der Waals surface area (Å²) in [5.41, 5.74) is 13.6. The standard InChI is InChI=1S/C34H25BN2/c1-34(2,3)20-18-26-25-13-8-12-23-22-11-5-7-17-29(22)37(32(23)25)35-27-15-9-14-24-21-10-4-6-16-28(21)36(33(24)27)30(19-20)31(26)35/h4-19H,1-3H3. The number of benzene rings is 5. The van der Waals surface area contributed by atoms with Gasteiger partial charge in [-0.3, -0.25) is 0 Å². The Hall–Kier alpha value is -4.24. The Morgan fingerprint density at radius 2 is 1.24 bits per heavy atom. The predicted octanol–water partition coefficient (Wildman–Crippen LogP) is 7.14. The van der Waals surface area contributed by atoms with Gasteiger partial charge >= 0.3 is 6.85 Å². The van der Waals surface area contributed by atoms with Crippen molar-refractivity contribution in [3.8, 4) is 16.8 Å². The largest absolute Gasteiger partial charge is 0.375 e. The third-order valence-electron chi connectivity index (χ3n) is 8.84. The molecule has 0 bridgehead atoms. The van der Waals surface area contributed by atoms with E-state index in [1.807, 2.05) is 0 Å². The third-order valence-corrected chi connectivity index (χ3v) is 8.84. The molecule has 2 aromatic heterocycles. The summed E-state index contributed by atoms with van der Waals surface area (Å²) in [5, 5.41) is 5.35. The molecule has 0 radical (unpaired) electrons. The third kappa shape index (κ3) is 2.25. The molecule has 0 saturated carbocycles. The van der Waals surface area contributed by atoms with Crippen LogP contribution in [0.3, 0.4) is 0 Å². The zero-order valence-electron chi connectivity index (χ0n) is 21.2. The van der Waals surface area contributed by atoms with Crippen LogP contribution in [-0.2, 0) is 5.41 Å². The second kappa shape index (κ2) is 6.36. The van der Waals surface area contributed by atoms with Crippen molar-refractivity contribution in [1.29, 1.82) is 0 Å². The lowest BCUT2D eigenvalue weighted by atomic mass is 9.45. The van der Waals surface area contributed by atoms with Gasteiger partial charge in [0.05, 0.1) is 11.0 Å². The summed E-state index contributed by atoms with van der Waals surface area (Å²) in [7, 11) is 0. The zero-order chi connectivity index (χ0) is 24.6. The summed E-state index contributed by atoms with van der Waals surface area (Å²) < 4.78 is 5.19. The maximum Gasteiger partial charge on any atom is 0.333 e. The van der Waals surface area contributed by atoms with Crippen LogP contribution in [0.5, 0.6) is 0 Å². The lowest BCUT2D eigenvalue weighted by Crippen LogP contribution is -2.55. The lowest BCUT2D eigenvalue weighted by molar-refractivity contribution is 0.590. The quantitative estimate of drug-likeness (QED) is 0.208. The molecule has 2 aliphatic heterocycles. The predicted molar refractivity (Wildman–Crippen MR) is 158 cm³/mol. The van der Waals surface area contributed by atoms with Crippen molar-refractivity contribution in [3.05, 3.63) is 103 Å². The van der Waals surface area contributed by atoms with E-state index >= 15 is 0 Å². The van der Waals surface area contributed by atoms with E-state index in [9.17, 15) is 0 Å². The van der Waals surface area contributed by atoms with Crippen molar-refractivity contribution in [2.75, 3.05) is 0 Å². The van der Waals surface area contributed by atoms with E-state index < -0.39 is 0 Å². The first kappa shape index (κ1) is 19.9. The van der Waals surface area contributed by atoms with Crippen LogP contribution in [-0.4, -0.2) is 15.9 Å². The fourth-order valence-corrected chi connectivity index (χ4v) is 7.24. The van der Waals surface area contributed by atoms with Crippen molar-refractivity contribution in [3.63, 3.8) is 0 Å². The Bertz CT molecular complexity index is 2130. The summed E-state index contributed by atoms with van der Waals surface area (Å²) in [4.78, 5) is 0. The van der Waals surface area contributed by atoms with Crippen molar-refractivity contribution in [2.24, 2.45) is 0 Å². The molecule has 0 N–H and O–H groups in total. The Kier molecular flexibility index (Phi) is 3.42. The van der Waals surface area contributed by atoms with Gasteiger partial charge in [0, 0.05) is 43.8 Å². The molecular formula is C34H25BN2. The first-order chi connectivity index (χ1) is 18.0. The highest BCUT2D eigenvalue weighted by Gasteiger charge is 2.41. The Morgan fingerprint density at radius 1 is 0.595 bits per heavy atom. The molecule has 0 saturated heterocycles. The van der Waals surface area contributed by atoms with E-state index in [-0.39, 0.29) is 12.3 Å². The molecule has 7 aromatic rings. The van der Waals surface area contributed by atoms with Gasteiger partial charge in [-0.05, 0) is 45.7 Å². The molecular weight excluding hydrogens is 447 g/mol. The number of hydrogen-bond donors (Lipinski definition) is 0. The van der Waals surface area contributed by atoms with E-state index in [0.717, 1.165) is 0 Å². The van der Waals surface area contributed by atoms with E-state index in [2.05, 4.69) is 127 Å². The van der Waals surface area contributed by atoms with Crippen LogP contribution in [0.2, 0.25) is 0 Å². The van der Waals surface area contributed by atoms with Crippen LogP contribution in [0, 0.1) is 0 Å². The Morgan fingerprint density at radius 3 is 2.03 bits per heavy atom. The fourth-order valence-electron chi connectivity index (χ4n) is 7.24. The first-order valence-electron chi connectivity index (χ1n) is 13.3. The number of rotatable bonds is 0. The monoisotopic (exact) mass is 472 g/mol. The van der Waals surface area contributed by atoms with E-state index in [1.54, 1.807) is 0 Å². The SMILES string of the molecule is CC(C)(C)c1cc2c3c(c1)-n1c4ccccc4c4cccc(c41)B3n1c3ccccc3c3cccc-2c31. The van der Waals surface area contributed by atoms with Gasteiger partial charge in [0.2, 0.25) is 0 Å². The van der Waals surface area contributed by atoms with Crippen molar-refractivity contribution < 1.29 is 0 Å². The summed E-state index contributed by atoms with van der Waals surface area (Å²) >= 11 is 0. The smallest absolute Gasteiger partial charge is 0.333 e. The van der Waals surface area contributed by atoms with Gasteiger partial charge in [-0.25, -0.2) is 0 Å². The number of nitrogens with zero attached hydrogens (tertiary/aromatic N) is 2. The van der Waals surface area contributed by atoms with Crippen LogP contribution >= 0.6 is 0 Å². The van der Waals surface area contributed by atoms with Gasteiger partial charge in [0.15, 0.2) is 0 Å². The average molecular weight is 472 g/mol. The van der Waals surface area contributed by atoms with Gasteiger partial charge in [0.25, 0.3) is 0 Å². The number of para-hydroxylation sites is 4. The maximum absolute atomic E-state index is 2.64. The Balaban J connectivity index is 1.59. The van der Waals surface area contributed by atoms with E-state index in [4.69, 9.17) is 0 Å². The van der Waals surface area contributed by atoms with Crippen LogP contribution < -0.4 is 10.9 Å². The lowest BCUT2D eigenvalue weighted by Gasteiger charge is -2.35. The Labute approximate surface area is 215 Å². The topological polar surface area (TPSA) is 9.86 Å². The van der Waals surface area contributed by atoms with Gasteiger partial charge in [-0.1, -0.05) is 99.6 Å². The maximum atomic E-state index is 2.64. The minimum Gasteiger partial charge on any atom is -0.375 e. The molecule has 0 unspecified atom stereocenters. The van der Waals surface area contributed by atoms with Crippen LogP contribution in [0.25, 0.3) is 60.4 Å². The number of hydrogen-bond acceptors (Lipinski definition) is 0. The van der Waals surface area contributed by atoms with Crippen LogP contribution in [0.4, 0.5) is 0 Å². The van der Waals surface area contributed by atoms with Gasteiger partial charge in [-0.15, -0.1) is 0 Å². The highest BCUT2D eigenvalue weighted by Crippen LogP contribution is 2.44. The molecule has 2 nitrogen and oxygen atoms in total. The first-order valence-corrected chi connectivity index (χ1v) is 13.3. The molecule has 0 fully saturated rings. The van der Waals surface area contributed by atoms with Gasteiger partial charge in [-0.2, -0.15) is 0 Å². The molecule has 0 atom stereocenters. The molecule has 0 aliphatic carbocycles. The second-order valence-electron chi connectivity index (χ2n) is 11.8. The number of fused-ring (bicyclic) bond motifs is 10. The van der Waals surface area contributed by atoms with Gasteiger partial charge < -0.3 is 9.05 Å². The highest BCUT2D eigenvalue weighted by molar-refractivity contribution is 6.90. The summed E-state index contributed by atoms with van der Waals surface area (Å²) in [6.07, 6.45) is 0. The number of aromatic nitrogens is 2. The average Bonchev–Trinajstić information content (AvgIpc) is 3.43. The van der Waals surface area contributed by atoms with Crippen LogP contribution in [0.15, 0.2) is 97.1 Å². The second-order valence-corrected chi connectivity index (χ2v) is 11.8. The molecule has 5 aromatic carbocycles. The van der Waals surface area contributed by atoms with Crippen molar-refractivity contribution >= 4 is 61.4 Å². The molecule has 174 valence electrons. The highest BCUT2D eigenvalue weighted by atomic mass is 15.0. The fraction of sp³-hybridized carbons (Fsp3) is 0.118. The summed E-state index contributed by atoms with van der Waals surface area (Å²) in [6.45, 7) is 7.13. The molecule has 2 aliphatic rings. The van der Waals surface area contributed by atoms with Crippen molar-refractivity contribution in [1.82, 2.24) is 9.05 Å². The summed E-state index contributed by atoms with van der Waals surface area (Å²) in [6, 6.07) is 36.6. The zero-order valence-corrected chi connectivity index (χ0v) is 21.2. The van der Waals surface area contributed by atoms with E-state index in [0.29, 0.717) is 0 Å². The molecule has 4 heterocycles. The summed E-state index contributed by atoms with van der Waals surface area (Å²) in [5.74, 6) is 0. The minimum atomic E-state index is 0.0398. The molecule has 0 amide bonds. The molecule has 9 rings (SSSR count).